The molecule has 0 amide bonds. The number of aryl methyl sites for hydroxylation is 2. The van der Waals surface area contributed by atoms with Crippen molar-refractivity contribution in [2.45, 2.75) is 25.2 Å². The molecule has 1 aliphatic rings. The quantitative estimate of drug-likeness (QED) is 0.887. The van der Waals surface area contributed by atoms with Gasteiger partial charge in [0.05, 0.1) is 6.04 Å². The molecule has 1 fully saturated rings. The van der Waals surface area contributed by atoms with Gasteiger partial charge in [0.25, 0.3) is 0 Å². The molecule has 6 nitrogen and oxygen atoms in total. The van der Waals surface area contributed by atoms with Crippen LogP contribution in [0.5, 0.6) is 5.75 Å². The average molecular weight is 356 g/mol. The molecular weight excluding hydrogens is 337 g/mol. The van der Waals surface area contributed by atoms with Crippen LogP contribution in [0.25, 0.3) is 0 Å². The van der Waals surface area contributed by atoms with Crippen LogP contribution in [0.3, 0.4) is 0 Å². The molecule has 1 unspecified atom stereocenters. The molecule has 1 saturated heterocycles. The zero-order valence-electron chi connectivity index (χ0n) is 13.7. The number of halogens is 3. The monoisotopic (exact) mass is 356 g/mol. The fourth-order valence-corrected chi connectivity index (χ4v) is 2.78. The third-order valence-electron chi connectivity index (χ3n) is 4.10. The fourth-order valence-electron chi connectivity index (χ4n) is 2.78. The molecule has 1 aromatic carbocycles. The second-order valence-corrected chi connectivity index (χ2v) is 5.90. The number of hydrogen-bond donors (Lipinski definition) is 1. The topological polar surface area (TPSA) is 63.4 Å². The lowest BCUT2D eigenvalue weighted by atomic mass is 10.1. The van der Waals surface area contributed by atoms with Gasteiger partial charge in [-0.25, -0.2) is 0 Å². The van der Waals surface area contributed by atoms with E-state index in [1.54, 1.807) is 12.1 Å². The number of piperazine rings is 1. The number of aromatic nitrogens is 2. The molecule has 9 heteroatoms. The van der Waals surface area contributed by atoms with E-state index in [4.69, 9.17) is 4.52 Å². The van der Waals surface area contributed by atoms with Gasteiger partial charge in [0.15, 0.2) is 5.82 Å². The Hall–Kier alpha value is -2.13. The number of rotatable bonds is 5. The van der Waals surface area contributed by atoms with Crippen molar-refractivity contribution < 1.29 is 22.4 Å². The average Bonchev–Trinajstić information content (AvgIpc) is 3.02. The predicted octanol–water partition coefficient (Wildman–Crippen LogP) is 2.33. The van der Waals surface area contributed by atoms with E-state index in [-0.39, 0.29) is 11.8 Å². The van der Waals surface area contributed by atoms with Gasteiger partial charge in [-0.05, 0) is 25.1 Å². The number of likely N-dealkylation sites (N-methyl/N-ethyl adjacent to an activating group) is 1. The van der Waals surface area contributed by atoms with E-state index < -0.39 is 6.36 Å². The summed E-state index contributed by atoms with van der Waals surface area (Å²) >= 11 is 0. The van der Waals surface area contributed by atoms with E-state index in [9.17, 15) is 13.2 Å². The largest absolute Gasteiger partial charge is 0.573 e. The Morgan fingerprint density at radius 2 is 2.12 bits per heavy atom. The Morgan fingerprint density at radius 3 is 2.88 bits per heavy atom. The molecule has 0 radical (unpaired) electrons. The van der Waals surface area contributed by atoms with Crippen molar-refractivity contribution in [3.63, 3.8) is 0 Å². The van der Waals surface area contributed by atoms with Crippen molar-refractivity contribution in [3.8, 4) is 5.75 Å². The lowest BCUT2D eigenvalue weighted by Gasteiger charge is -2.30. The van der Waals surface area contributed by atoms with E-state index in [1.807, 2.05) is 7.05 Å². The van der Waals surface area contributed by atoms with Gasteiger partial charge >= 0.3 is 6.36 Å². The van der Waals surface area contributed by atoms with E-state index >= 15 is 0 Å². The summed E-state index contributed by atoms with van der Waals surface area (Å²) in [5.41, 5.74) is 0.441. The van der Waals surface area contributed by atoms with Crippen molar-refractivity contribution in [1.82, 2.24) is 20.4 Å². The summed E-state index contributed by atoms with van der Waals surface area (Å²) in [6.07, 6.45) is -4.06. The van der Waals surface area contributed by atoms with Crippen LogP contribution in [-0.2, 0) is 12.8 Å². The van der Waals surface area contributed by atoms with Crippen LogP contribution in [0.15, 0.2) is 28.8 Å². The number of ether oxygens (including phenoxy) is 1. The third-order valence-corrected chi connectivity index (χ3v) is 4.10. The summed E-state index contributed by atoms with van der Waals surface area (Å²) < 4.78 is 46.7. The second kappa shape index (κ2) is 7.40. The van der Waals surface area contributed by atoms with E-state index in [0.717, 1.165) is 19.6 Å². The second-order valence-electron chi connectivity index (χ2n) is 5.90. The number of alkyl halides is 3. The van der Waals surface area contributed by atoms with Gasteiger partial charge in [0.2, 0.25) is 5.89 Å². The van der Waals surface area contributed by atoms with Crippen molar-refractivity contribution in [2.75, 3.05) is 26.7 Å². The molecule has 1 atom stereocenters. The fraction of sp³-hybridized carbons (Fsp3) is 0.500. The van der Waals surface area contributed by atoms with E-state index in [2.05, 4.69) is 25.1 Å². The first-order valence-electron chi connectivity index (χ1n) is 7.99. The Kier molecular flexibility index (Phi) is 5.24. The van der Waals surface area contributed by atoms with Gasteiger partial charge in [0, 0.05) is 26.1 Å². The van der Waals surface area contributed by atoms with Crippen LogP contribution < -0.4 is 10.1 Å². The normalized spacial score (nSPS) is 19.1. The standard InChI is InChI=1S/C16H19F3N4O2/c1-23-9-8-20-10-12(23)15-21-14(25-22-15)7-6-11-4-2-3-5-13(11)24-16(17,18)19/h2-5,12,20H,6-10H2,1H3. The van der Waals surface area contributed by atoms with Crippen molar-refractivity contribution in [2.24, 2.45) is 0 Å². The Balaban J connectivity index is 1.65. The maximum Gasteiger partial charge on any atom is 0.573 e. The molecule has 25 heavy (non-hydrogen) atoms. The van der Waals surface area contributed by atoms with Crippen LogP contribution in [0.4, 0.5) is 13.2 Å². The molecule has 0 spiro atoms. The summed E-state index contributed by atoms with van der Waals surface area (Å²) in [6, 6.07) is 6.09. The van der Waals surface area contributed by atoms with Crippen molar-refractivity contribution >= 4 is 0 Å². The SMILES string of the molecule is CN1CCNCC1c1noc(CCc2ccccc2OC(F)(F)F)n1. The zero-order chi connectivity index (χ0) is 17.9. The minimum absolute atomic E-state index is 0.0344. The molecule has 1 aromatic heterocycles. The molecule has 0 bridgehead atoms. The van der Waals surface area contributed by atoms with Gasteiger partial charge in [-0.3, -0.25) is 4.90 Å². The van der Waals surface area contributed by atoms with E-state index in [1.165, 1.54) is 12.1 Å². The number of nitrogens with one attached hydrogen (secondary N) is 1. The number of benzene rings is 1. The maximum absolute atomic E-state index is 12.5. The van der Waals surface area contributed by atoms with Crippen LogP contribution in [0.2, 0.25) is 0 Å². The lowest BCUT2D eigenvalue weighted by molar-refractivity contribution is -0.274. The summed E-state index contributed by atoms with van der Waals surface area (Å²) in [7, 11) is 1.99. The first-order chi connectivity index (χ1) is 11.9. The molecule has 1 aliphatic heterocycles. The molecule has 0 saturated carbocycles. The minimum atomic E-state index is -4.72. The molecule has 2 aromatic rings. The van der Waals surface area contributed by atoms with E-state index in [0.29, 0.717) is 30.1 Å². The van der Waals surface area contributed by atoms with Gasteiger partial charge in [-0.15, -0.1) is 13.2 Å². The van der Waals surface area contributed by atoms with Gasteiger partial charge in [0.1, 0.15) is 5.75 Å². The lowest BCUT2D eigenvalue weighted by Crippen LogP contribution is -2.44. The van der Waals surface area contributed by atoms with Crippen molar-refractivity contribution in [3.05, 3.63) is 41.5 Å². The van der Waals surface area contributed by atoms with Gasteiger partial charge in [-0.2, -0.15) is 4.98 Å². The summed E-state index contributed by atoms with van der Waals surface area (Å²) in [5.74, 6) is 0.784. The molecular formula is C16H19F3N4O2. The predicted molar refractivity (Wildman–Crippen MR) is 83.1 cm³/mol. The van der Waals surface area contributed by atoms with Crippen LogP contribution in [0, 0.1) is 0 Å². The Labute approximate surface area is 143 Å². The summed E-state index contributed by atoms with van der Waals surface area (Å²) in [4.78, 5) is 6.52. The number of para-hydroxylation sites is 1. The summed E-state index contributed by atoms with van der Waals surface area (Å²) in [6.45, 7) is 2.53. The highest BCUT2D eigenvalue weighted by molar-refractivity contribution is 5.33. The van der Waals surface area contributed by atoms with Gasteiger partial charge < -0.3 is 14.6 Å². The summed E-state index contributed by atoms with van der Waals surface area (Å²) in [5, 5.41) is 7.28. The highest BCUT2D eigenvalue weighted by Crippen LogP contribution is 2.27. The Morgan fingerprint density at radius 1 is 1.32 bits per heavy atom. The molecule has 1 N–H and O–H groups in total. The molecule has 0 aliphatic carbocycles. The first-order valence-corrected chi connectivity index (χ1v) is 7.99. The van der Waals surface area contributed by atoms with Crippen LogP contribution >= 0.6 is 0 Å². The minimum Gasteiger partial charge on any atom is -0.406 e. The molecule has 2 heterocycles. The highest BCUT2D eigenvalue weighted by Gasteiger charge is 2.32. The smallest absolute Gasteiger partial charge is 0.406 e. The van der Waals surface area contributed by atoms with Crippen LogP contribution in [-0.4, -0.2) is 48.1 Å². The van der Waals surface area contributed by atoms with Gasteiger partial charge in [-0.1, -0.05) is 23.4 Å². The van der Waals surface area contributed by atoms with Crippen LogP contribution in [0.1, 0.15) is 23.3 Å². The Bertz CT molecular complexity index is 705. The zero-order valence-corrected chi connectivity index (χ0v) is 13.7. The molecule has 3 rings (SSSR count). The number of hydrogen-bond acceptors (Lipinski definition) is 6. The third kappa shape index (κ3) is 4.70. The first kappa shape index (κ1) is 17.7. The highest BCUT2D eigenvalue weighted by atomic mass is 19.4. The van der Waals surface area contributed by atoms with Crippen molar-refractivity contribution in [1.29, 1.82) is 0 Å². The maximum atomic E-state index is 12.5. The number of nitrogens with zero attached hydrogens (tertiary/aromatic N) is 3. The molecule has 136 valence electrons.